The van der Waals surface area contributed by atoms with Crippen LogP contribution in [0.1, 0.15) is 71.6 Å². The maximum atomic E-state index is 2.69. The second kappa shape index (κ2) is 4.12. The zero-order chi connectivity index (χ0) is 13.1. The van der Waals surface area contributed by atoms with Crippen molar-refractivity contribution in [3.05, 3.63) is 12.2 Å². The minimum Gasteiger partial charge on any atom is -0.0846 e. The Balaban J connectivity index is 1.70. The van der Waals surface area contributed by atoms with Gasteiger partial charge in [-0.05, 0) is 73.0 Å². The van der Waals surface area contributed by atoms with Crippen LogP contribution in [0, 0.1) is 34.5 Å². The fraction of sp³-hybridized carbons (Fsp3) is 0.895. The molecule has 0 aromatic carbocycles. The summed E-state index contributed by atoms with van der Waals surface area (Å²) in [7, 11) is 0. The Labute approximate surface area is 119 Å². The highest BCUT2D eigenvalue weighted by molar-refractivity contribution is 5.16. The molecule has 0 bridgehead atoms. The van der Waals surface area contributed by atoms with Gasteiger partial charge in [-0.3, -0.25) is 0 Å². The van der Waals surface area contributed by atoms with Gasteiger partial charge >= 0.3 is 0 Å². The topological polar surface area (TPSA) is 0 Å². The molecule has 0 aromatic heterocycles. The molecule has 0 radical (unpaired) electrons. The molecule has 0 nitrogen and oxygen atoms in total. The standard InChI is InChI=1S/C19H30/c1-18-11-5-7-16(18)15-9-8-14-6-3-4-12-19(14,2)17(15)10-13-18/h8-9,14-17H,3-7,10-13H2,1-2H3/t14?,15?,16?,17?,18?,19-/m0/s1. The third-order valence-electron chi connectivity index (χ3n) is 7.85. The van der Waals surface area contributed by atoms with E-state index in [1.54, 1.807) is 0 Å². The molecule has 0 spiro atoms. The molecule has 4 aliphatic carbocycles. The first-order chi connectivity index (χ1) is 9.13. The lowest BCUT2D eigenvalue weighted by Crippen LogP contribution is -2.49. The first-order valence-corrected chi connectivity index (χ1v) is 8.82. The van der Waals surface area contributed by atoms with E-state index in [0.29, 0.717) is 10.8 Å². The SMILES string of the molecule is CC12CCCC1C1C=CC3CCCC[C@]3(C)C1CC2. The van der Waals surface area contributed by atoms with E-state index >= 15 is 0 Å². The van der Waals surface area contributed by atoms with E-state index in [1.807, 2.05) is 0 Å². The van der Waals surface area contributed by atoms with Crippen LogP contribution in [0.25, 0.3) is 0 Å². The zero-order valence-electron chi connectivity index (χ0n) is 12.8. The minimum atomic E-state index is 0.654. The van der Waals surface area contributed by atoms with Crippen LogP contribution in [0.3, 0.4) is 0 Å². The van der Waals surface area contributed by atoms with Gasteiger partial charge in [0.05, 0.1) is 0 Å². The second-order valence-corrected chi connectivity index (χ2v) is 8.62. The fourth-order valence-electron chi connectivity index (χ4n) is 6.65. The van der Waals surface area contributed by atoms with Crippen molar-refractivity contribution in [3.8, 4) is 0 Å². The van der Waals surface area contributed by atoms with E-state index in [2.05, 4.69) is 26.0 Å². The molecular formula is C19H30. The van der Waals surface area contributed by atoms with Gasteiger partial charge in [0.15, 0.2) is 0 Å². The summed E-state index contributed by atoms with van der Waals surface area (Å²) in [5.41, 5.74) is 1.35. The predicted molar refractivity (Wildman–Crippen MR) is 80.9 cm³/mol. The number of hydrogen-bond acceptors (Lipinski definition) is 0. The molecule has 4 aliphatic rings. The van der Waals surface area contributed by atoms with Crippen LogP contribution in [0.15, 0.2) is 12.2 Å². The van der Waals surface area contributed by atoms with Crippen molar-refractivity contribution in [2.45, 2.75) is 71.6 Å². The molecule has 0 aromatic rings. The molecule has 4 rings (SSSR count). The average molecular weight is 258 g/mol. The number of hydrogen-bond donors (Lipinski definition) is 0. The van der Waals surface area contributed by atoms with Crippen molar-refractivity contribution >= 4 is 0 Å². The third-order valence-corrected chi connectivity index (χ3v) is 7.85. The molecule has 0 amide bonds. The van der Waals surface area contributed by atoms with Gasteiger partial charge in [0, 0.05) is 0 Å². The van der Waals surface area contributed by atoms with Gasteiger partial charge in [0.1, 0.15) is 0 Å². The Morgan fingerprint density at radius 2 is 1.68 bits per heavy atom. The van der Waals surface area contributed by atoms with Crippen LogP contribution >= 0.6 is 0 Å². The van der Waals surface area contributed by atoms with Crippen molar-refractivity contribution in [1.82, 2.24) is 0 Å². The lowest BCUT2D eigenvalue weighted by molar-refractivity contribution is -0.0467. The highest BCUT2D eigenvalue weighted by atomic mass is 14.6. The molecule has 106 valence electrons. The van der Waals surface area contributed by atoms with E-state index in [-0.39, 0.29) is 0 Å². The summed E-state index contributed by atoms with van der Waals surface area (Å²) in [6.07, 6.45) is 18.9. The van der Waals surface area contributed by atoms with Crippen LogP contribution < -0.4 is 0 Å². The van der Waals surface area contributed by atoms with E-state index in [4.69, 9.17) is 0 Å². The normalized spacial score (nSPS) is 56.3. The Hall–Kier alpha value is -0.260. The summed E-state index contributed by atoms with van der Waals surface area (Å²) >= 11 is 0. The van der Waals surface area contributed by atoms with Crippen molar-refractivity contribution in [1.29, 1.82) is 0 Å². The smallest absolute Gasteiger partial charge is 0.0166 e. The van der Waals surface area contributed by atoms with E-state index in [9.17, 15) is 0 Å². The average Bonchev–Trinajstić information content (AvgIpc) is 2.79. The van der Waals surface area contributed by atoms with Gasteiger partial charge in [-0.15, -0.1) is 0 Å². The monoisotopic (exact) mass is 258 g/mol. The number of rotatable bonds is 0. The Bertz CT molecular complexity index is 395. The van der Waals surface area contributed by atoms with Crippen molar-refractivity contribution in [2.24, 2.45) is 34.5 Å². The third kappa shape index (κ3) is 1.64. The molecule has 0 heterocycles. The predicted octanol–water partition coefficient (Wildman–Crippen LogP) is 5.59. The van der Waals surface area contributed by atoms with Crippen molar-refractivity contribution in [2.75, 3.05) is 0 Å². The molecule has 19 heavy (non-hydrogen) atoms. The molecule has 0 aliphatic heterocycles. The summed E-state index contributed by atoms with van der Waals surface area (Å²) in [5, 5.41) is 0. The highest BCUT2D eigenvalue weighted by Crippen LogP contribution is 2.64. The minimum absolute atomic E-state index is 0.654. The summed E-state index contributed by atoms with van der Waals surface area (Å²) in [5.74, 6) is 3.87. The maximum Gasteiger partial charge on any atom is -0.0166 e. The highest BCUT2D eigenvalue weighted by Gasteiger charge is 2.55. The van der Waals surface area contributed by atoms with Crippen LogP contribution in [0.2, 0.25) is 0 Å². The van der Waals surface area contributed by atoms with Gasteiger partial charge in [-0.1, -0.05) is 45.3 Å². The Morgan fingerprint density at radius 1 is 0.789 bits per heavy atom. The quantitative estimate of drug-likeness (QED) is 0.497. The van der Waals surface area contributed by atoms with E-state index < -0.39 is 0 Å². The number of fused-ring (bicyclic) bond motifs is 5. The number of allylic oxidation sites excluding steroid dienone is 2. The van der Waals surface area contributed by atoms with Crippen molar-refractivity contribution in [3.63, 3.8) is 0 Å². The zero-order valence-corrected chi connectivity index (χ0v) is 12.8. The summed E-state index contributed by atoms with van der Waals surface area (Å²) < 4.78 is 0. The van der Waals surface area contributed by atoms with Crippen LogP contribution in [0.4, 0.5) is 0 Å². The van der Waals surface area contributed by atoms with Gasteiger partial charge in [-0.2, -0.15) is 0 Å². The first kappa shape index (κ1) is 12.5. The molecule has 3 saturated carbocycles. The molecule has 5 unspecified atom stereocenters. The fourth-order valence-corrected chi connectivity index (χ4v) is 6.65. The summed E-state index contributed by atoms with van der Waals surface area (Å²) in [6.45, 7) is 5.25. The van der Waals surface area contributed by atoms with Crippen LogP contribution in [0.5, 0.6) is 0 Å². The van der Waals surface area contributed by atoms with Crippen LogP contribution in [-0.2, 0) is 0 Å². The largest absolute Gasteiger partial charge is 0.0846 e. The lowest BCUT2D eigenvalue weighted by atomic mass is 9.47. The van der Waals surface area contributed by atoms with E-state index in [1.165, 1.54) is 57.8 Å². The van der Waals surface area contributed by atoms with Gasteiger partial charge in [0.2, 0.25) is 0 Å². The molecule has 3 fully saturated rings. The van der Waals surface area contributed by atoms with E-state index in [0.717, 1.165) is 23.7 Å². The van der Waals surface area contributed by atoms with Gasteiger partial charge < -0.3 is 0 Å². The Kier molecular flexibility index (Phi) is 2.71. The molecule has 0 N–H and O–H groups in total. The lowest BCUT2D eigenvalue weighted by Gasteiger charge is -2.57. The summed E-state index contributed by atoms with van der Waals surface area (Å²) in [6, 6.07) is 0. The molecular weight excluding hydrogens is 228 g/mol. The van der Waals surface area contributed by atoms with Gasteiger partial charge in [0.25, 0.3) is 0 Å². The van der Waals surface area contributed by atoms with Gasteiger partial charge in [-0.25, -0.2) is 0 Å². The first-order valence-electron chi connectivity index (χ1n) is 8.82. The maximum absolute atomic E-state index is 2.69. The van der Waals surface area contributed by atoms with Crippen molar-refractivity contribution < 1.29 is 0 Å². The summed E-state index contributed by atoms with van der Waals surface area (Å²) in [4.78, 5) is 0. The molecule has 0 heteroatoms. The molecule has 0 saturated heterocycles. The second-order valence-electron chi connectivity index (χ2n) is 8.62. The van der Waals surface area contributed by atoms with Crippen LogP contribution in [-0.4, -0.2) is 0 Å². The molecule has 6 atom stereocenters. The Morgan fingerprint density at radius 3 is 2.58 bits per heavy atom.